The van der Waals surface area contributed by atoms with Crippen LogP contribution in [0.1, 0.15) is 0 Å². The summed E-state index contributed by atoms with van der Waals surface area (Å²) in [5.74, 6) is 1.14. The number of nitrogens with zero attached hydrogens (tertiary/aromatic N) is 6. The van der Waals surface area contributed by atoms with E-state index in [0.717, 1.165) is 61.4 Å². The molecule has 0 fully saturated rings. The highest BCUT2D eigenvalue weighted by molar-refractivity contribution is 5.82. The van der Waals surface area contributed by atoms with E-state index in [1.165, 1.54) is 4.80 Å². The van der Waals surface area contributed by atoms with E-state index in [-0.39, 0.29) is 5.75 Å². The lowest BCUT2D eigenvalue weighted by Gasteiger charge is -2.26. The summed E-state index contributed by atoms with van der Waals surface area (Å²) >= 11 is 0. The maximum absolute atomic E-state index is 11.3. The smallest absolute Gasteiger partial charge is 0.227 e. The number of hydrogen-bond donors (Lipinski definition) is 1. The van der Waals surface area contributed by atoms with Crippen LogP contribution in [0.2, 0.25) is 0 Å². The van der Waals surface area contributed by atoms with Crippen molar-refractivity contribution in [2.75, 3.05) is 4.90 Å². The van der Waals surface area contributed by atoms with Gasteiger partial charge in [-0.2, -0.15) is 0 Å². The summed E-state index contributed by atoms with van der Waals surface area (Å²) in [5.41, 5.74) is 9.25. The third-order valence-electron chi connectivity index (χ3n) is 8.05. The predicted octanol–water partition coefficient (Wildman–Crippen LogP) is 9.21. The van der Waals surface area contributed by atoms with Crippen molar-refractivity contribution in [3.05, 3.63) is 140 Å². The van der Waals surface area contributed by atoms with Gasteiger partial charge in [0.2, 0.25) is 11.8 Å². The van der Waals surface area contributed by atoms with Crippen molar-refractivity contribution in [1.29, 1.82) is 0 Å². The number of hydrogen-bond acceptors (Lipinski definition) is 8. The van der Waals surface area contributed by atoms with E-state index in [2.05, 4.69) is 25.1 Å². The molecule has 9 heteroatoms. The summed E-state index contributed by atoms with van der Waals surface area (Å²) in [4.78, 5) is 12.8. The van der Waals surface area contributed by atoms with Gasteiger partial charge in [0.15, 0.2) is 11.2 Å². The molecule has 0 unspecified atom stereocenters. The third-order valence-corrected chi connectivity index (χ3v) is 8.05. The van der Waals surface area contributed by atoms with Crippen LogP contribution in [0.3, 0.4) is 0 Å². The van der Waals surface area contributed by atoms with Gasteiger partial charge in [-0.25, -0.2) is 9.97 Å². The van der Waals surface area contributed by atoms with Gasteiger partial charge in [-0.05, 0) is 97.1 Å². The van der Waals surface area contributed by atoms with E-state index >= 15 is 0 Å². The molecule has 0 radical (unpaired) electrons. The quantitative estimate of drug-likeness (QED) is 0.198. The van der Waals surface area contributed by atoms with Gasteiger partial charge in [0.1, 0.15) is 33.5 Å². The van der Waals surface area contributed by atoms with Gasteiger partial charge in [0.05, 0.1) is 0 Å². The second-order valence-corrected chi connectivity index (χ2v) is 11.1. The van der Waals surface area contributed by atoms with E-state index in [0.29, 0.717) is 17.5 Å². The Morgan fingerprint density at radius 1 is 0.489 bits per heavy atom. The van der Waals surface area contributed by atoms with Crippen LogP contribution in [-0.4, -0.2) is 30.1 Å². The van der Waals surface area contributed by atoms with Crippen LogP contribution in [0, 0.1) is 0 Å². The van der Waals surface area contributed by atoms with Crippen molar-refractivity contribution in [2.45, 2.75) is 0 Å². The molecule has 1 N–H and O–H groups in total. The lowest BCUT2D eigenvalue weighted by atomic mass is 10.1. The molecule has 9 nitrogen and oxygen atoms in total. The fourth-order valence-electron chi connectivity index (χ4n) is 5.73. The summed E-state index contributed by atoms with van der Waals surface area (Å²) in [6.45, 7) is 0. The normalized spacial score (nSPS) is 11.5. The summed E-state index contributed by atoms with van der Waals surface area (Å²) in [7, 11) is 0. The highest BCUT2D eigenvalue weighted by Gasteiger charge is 2.18. The number of anilines is 3. The van der Waals surface area contributed by atoms with Gasteiger partial charge in [0, 0.05) is 34.3 Å². The van der Waals surface area contributed by atoms with Crippen molar-refractivity contribution < 1.29 is 13.9 Å². The second kappa shape index (κ2) is 10.7. The molecule has 6 aromatic carbocycles. The first-order chi connectivity index (χ1) is 23.2. The van der Waals surface area contributed by atoms with Crippen molar-refractivity contribution in [3.8, 4) is 34.3 Å². The van der Waals surface area contributed by atoms with Gasteiger partial charge in [0.25, 0.3) is 0 Å². The van der Waals surface area contributed by atoms with E-state index in [1.54, 1.807) is 6.07 Å². The SMILES string of the molecule is Oc1cc(N(c2ccc(-c3nc4ccccc4o3)cc2)c2ccc(-c3nc4ccccc4o3)cc2)ccc1-n1nc2ccccc2n1. The number of phenols is 1. The minimum Gasteiger partial charge on any atom is -0.506 e. The van der Waals surface area contributed by atoms with Crippen molar-refractivity contribution in [3.63, 3.8) is 0 Å². The minimum atomic E-state index is 0.0407. The molecule has 0 amide bonds. The maximum atomic E-state index is 11.3. The topological polar surface area (TPSA) is 106 Å². The van der Waals surface area contributed by atoms with Crippen LogP contribution in [0.5, 0.6) is 5.75 Å². The second-order valence-electron chi connectivity index (χ2n) is 11.1. The Hall–Kier alpha value is -6.74. The Bertz CT molecular complexity index is 2330. The van der Waals surface area contributed by atoms with Crippen molar-refractivity contribution in [2.24, 2.45) is 0 Å². The molecule has 3 heterocycles. The molecule has 9 rings (SSSR count). The van der Waals surface area contributed by atoms with Crippen LogP contribution in [-0.2, 0) is 0 Å². The maximum Gasteiger partial charge on any atom is 0.227 e. The minimum absolute atomic E-state index is 0.0407. The standard InChI is InChI=1S/C38H24N6O3/c45-34-23-28(21-22-33(34)44-41-29-7-1-2-8-30(29)42-44)43(26-17-13-24(14-18-26)37-39-31-9-3-5-11-35(31)46-37)27-19-15-25(16-20-27)38-40-32-10-4-6-12-36(32)47-38/h1-23,45H. The number of aromatic nitrogens is 5. The van der Waals surface area contributed by atoms with Crippen LogP contribution in [0.4, 0.5) is 17.1 Å². The predicted molar refractivity (Wildman–Crippen MR) is 181 cm³/mol. The molecule has 9 aromatic rings. The van der Waals surface area contributed by atoms with Gasteiger partial charge in [-0.15, -0.1) is 15.0 Å². The molecule has 0 saturated carbocycles. The first-order valence-electron chi connectivity index (χ1n) is 15.0. The van der Waals surface area contributed by atoms with Crippen LogP contribution >= 0.6 is 0 Å². The van der Waals surface area contributed by atoms with Gasteiger partial charge in [-0.3, -0.25) is 0 Å². The molecular formula is C38H24N6O3. The fraction of sp³-hybridized carbons (Fsp3) is 0. The monoisotopic (exact) mass is 612 g/mol. The summed E-state index contributed by atoms with van der Waals surface area (Å²) in [5, 5.41) is 20.4. The highest BCUT2D eigenvalue weighted by atomic mass is 16.4. The summed E-state index contributed by atoms with van der Waals surface area (Å²) in [6.07, 6.45) is 0. The van der Waals surface area contributed by atoms with Gasteiger partial charge in [-0.1, -0.05) is 36.4 Å². The zero-order valence-corrected chi connectivity index (χ0v) is 24.7. The molecule has 0 atom stereocenters. The lowest BCUT2D eigenvalue weighted by Crippen LogP contribution is -2.10. The van der Waals surface area contributed by atoms with Gasteiger partial charge < -0.3 is 18.8 Å². The molecule has 0 spiro atoms. The van der Waals surface area contributed by atoms with Crippen LogP contribution in [0.25, 0.3) is 61.8 Å². The molecule has 47 heavy (non-hydrogen) atoms. The Labute approximate surface area is 267 Å². The first kappa shape index (κ1) is 26.6. The largest absolute Gasteiger partial charge is 0.506 e. The van der Waals surface area contributed by atoms with Gasteiger partial charge >= 0.3 is 0 Å². The molecule has 0 aliphatic heterocycles. The van der Waals surface area contributed by atoms with Crippen LogP contribution < -0.4 is 4.90 Å². The van der Waals surface area contributed by atoms with E-state index < -0.39 is 0 Å². The van der Waals surface area contributed by atoms with E-state index in [9.17, 15) is 5.11 Å². The number of oxazole rings is 2. The Kier molecular flexibility index (Phi) is 6.07. The summed E-state index contributed by atoms with van der Waals surface area (Å²) in [6, 6.07) is 44.4. The molecule has 3 aromatic heterocycles. The molecular weight excluding hydrogens is 588 g/mol. The molecule has 0 aliphatic rings. The Morgan fingerprint density at radius 3 is 1.40 bits per heavy atom. The zero-order chi connectivity index (χ0) is 31.3. The Morgan fingerprint density at radius 2 is 0.936 bits per heavy atom. The fourth-order valence-corrected chi connectivity index (χ4v) is 5.73. The van der Waals surface area contributed by atoms with Crippen molar-refractivity contribution in [1.82, 2.24) is 25.0 Å². The number of fused-ring (bicyclic) bond motifs is 3. The molecule has 0 saturated heterocycles. The number of para-hydroxylation sites is 4. The zero-order valence-electron chi connectivity index (χ0n) is 24.7. The van der Waals surface area contributed by atoms with Crippen molar-refractivity contribution >= 4 is 50.3 Å². The molecule has 224 valence electrons. The third kappa shape index (κ3) is 4.74. The average molecular weight is 613 g/mol. The number of benzene rings is 6. The summed E-state index contributed by atoms with van der Waals surface area (Å²) < 4.78 is 12.0. The first-order valence-corrected chi connectivity index (χ1v) is 15.0. The average Bonchev–Trinajstić information content (AvgIpc) is 3.86. The number of rotatable bonds is 6. The number of phenolic OH excluding ortho intramolecular Hbond substituents is 1. The molecule has 0 bridgehead atoms. The van der Waals surface area contributed by atoms with Crippen LogP contribution in [0.15, 0.2) is 148 Å². The Balaban J connectivity index is 1.11. The highest BCUT2D eigenvalue weighted by Crippen LogP contribution is 2.39. The number of aromatic hydroxyl groups is 1. The van der Waals surface area contributed by atoms with E-state index in [4.69, 9.17) is 8.83 Å². The molecule has 0 aliphatic carbocycles. The lowest BCUT2D eigenvalue weighted by molar-refractivity contribution is 0.468. The van der Waals surface area contributed by atoms with E-state index in [1.807, 2.05) is 133 Å².